The lowest BCUT2D eigenvalue weighted by molar-refractivity contribution is -0.120. The van der Waals surface area contributed by atoms with E-state index in [1.54, 1.807) is 6.92 Å². The van der Waals surface area contributed by atoms with Crippen LogP contribution in [0.25, 0.3) is 0 Å². The first-order valence-electron chi connectivity index (χ1n) is 7.01. The Morgan fingerprint density at radius 1 is 1.18 bits per heavy atom. The Kier molecular flexibility index (Phi) is 5.22. The van der Waals surface area contributed by atoms with E-state index in [4.69, 9.17) is 5.73 Å². The number of amides is 1. The van der Waals surface area contributed by atoms with Crippen LogP contribution in [-0.4, -0.2) is 11.9 Å². The van der Waals surface area contributed by atoms with E-state index >= 15 is 0 Å². The van der Waals surface area contributed by atoms with Gasteiger partial charge >= 0.3 is 0 Å². The normalized spacial score (nSPS) is 13.6. The first-order valence-corrected chi connectivity index (χ1v) is 7.01. The highest BCUT2D eigenvalue weighted by Crippen LogP contribution is 2.19. The van der Waals surface area contributed by atoms with Crippen LogP contribution in [-0.2, 0) is 11.2 Å². The Morgan fingerprint density at radius 2 is 1.86 bits per heavy atom. The Balaban J connectivity index is 2.12. The van der Waals surface area contributed by atoms with Crippen molar-refractivity contribution in [2.75, 3.05) is 0 Å². The SMILES string of the molecule is C[C@H](N[C@@H](Cc1ccccc1)C(N)=O)c1ccc(F)cc1F. The van der Waals surface area contributed by atoms with Crippen LogP contribution >= 0.6 is 0 Å². The largest absolute Gasteiger partial charge is 0.368 e. The van der Waals surface area contributed by atoms with Gasteiger partial charge in [-0.05, 0) is 25.0 Å². The van der Waals surface area contributed by atoms with Crippen molar-refractivity contribution < 1.29 is 13.6 Å². The van der Waals surface area contributed by atoms with Gasteiger partial charge in [-0.25, -0.2) is 8.78 Å². The van der Waals surface area contributed by atoms with Crippen LogP contribution in [0.1, 0.15) is 24.1 Å². The van der Waals surface area contributed by atoms with E-state index in [0.29, 0.717) is 12.0 Å². The maximum Gasteiger partial charge on any atom is 0.234 e. The van der Waals surface area contributed by atoms with E-state index in [-0.39, 0.29) is 0 Å². The minimum atomic E-state index is -0.650. The Bertz CT molecular complexity index is 646. The molecule has 0 fully saturated rings. The number of carbonyl (C=O) groups excluding carboxylic acids is 1. The molecule has 0 radical (unpaired) electrons. The molecule has 0 spiro atoms. The predicted octanol–water partition coefficient (Wildman–Crippen LogP) is 2.71. The maximum atomic E-state index is 13.8. The Hall–Kier alpha value is -2.27. The molecule has 2 atom stereocenters. The number of primary amides is 1. The molecule has 0 aliphatic heterocycles. The van der Waals surface area contributed by atoms with E-state index in [1.807, 2.05) is 30.3 Å². The van der Waals surface area contributed by atoms with E-state index in [9.17, 15) is 13.6 Å². The lowest BCUT2D eigenvalue weighted by Crippen LogP contribution is -2.44. The molecular weight excluding hydrogens is 286 g/mol. The molecule has 2 aromatic rings. The molecule has 116 valence electrons. The second-order valence-electron chi connectivity index (χ2n) is 5.20. The third kappa shape index (κ3) is 4.11. The molecular formula is C17H18F2N2O. The molecule has 0 saturated heterocycles. The van der Waals surface area contributed by atoms with Gasteiger partial charge in [0.25, 0.3) is 0 Å². The summed E-state index contributed by atoms with van der Waals surface area (Å²) in [7, 11) is 0. The smallest absolute Gasteiger partial charge is 0.234 e. The summed E-state index contributed by atoms with van der Waals surface area (Å²) in [6, 6.07) is 11.7. The minimum absolute atomic E-state index is 0.292. The van der Waals surface area contributed by atoms with Crippen molar-refractivity contribution in [1.29, 1.82) is 0 Å². The third-order valence-corrected chi connectivity index (χ3v) is 3.51. The summed E-state index contributed by atoms with van der Waals surface area (Å²) in [5.74, 6) is -1.80. The molecule has 22 heavy (non-hydrogen) atoms. The molecule has 0 aliphatic carbocycles. The van der Waals surface area contributed by atoms with E-state index in [0.717, 1.165) is 11.6 Å². The molecule has 0 heterocycles. The van der Waals surface area contributed by atoms with Gasteiger partial charge in [0.1, 0.15) is 11.6 Å². The summed E-state index contributed by atoms with van der Waals surface area (Å²) in [6.45, 7) is 1.71. The third-order valence-electron chi connectivity index (χ3n) is 3.51. The van der Waals surface area contributed by atoms with Gasteiger partial charge in [-0.2, -0.15) is 0 Å². The lowest BCUT2D eigenvalue weighted by Gasteiger charge is -2.22. The van der Waals surface area contributed by atoms with Crippen LogP contribution in [0.3, 0.4) is 0 Å². The predicted molar refractivity (Wildman–Crippen MR) is 81.0 cm³/mol. The molecule has 0 saturated carbocycles. The summed E-state index contributed by atoms with van der Waals surface area (Å²) in [5.41, 5.74) is 6.66. The molecule has 0 aromatic heterocycles. The van der Waals surface area contributed by atoms with Gasteiger partial charge in [0, 0.05) is 17.7 Å². The first kappa shape index (κ1) is 16.1. The average Bonchev–Trinajstić information content (AvgIpc) is 2.47. The van der Waals surface area contributed by atoms with Gasteiger partial charge in [0.05, 0.1) is 6.04 Å². The fourth-order valence-electron chi connectivity index (χ4n) is 2.34. The van der Waals surface area contributed by atoms with Crippen molar-refractivity contribution in [3.63, 3.8) is 0 Å². The Labute approximate surface area is 128 Å². The van der Waals surface area contributed by atoms with Crippen molar-refractivity contribution in [2.45, 2.75) is 25.4 Å². The fraction of sp³-hybridized carbons (Fsp3) is 0.235. The van der Waals surface area contributed by atoms with Gasteiger partial charge in [-0.3, -0.25) is 10.1 Å². The van der Waals surface area contributed by atoms with Crippen LogP contribution in [0.2, 0.25) is 0 Å². The molecule has 2 aromatic carbocycles. The van der Waals surface area contributed by atoms with Crippen LogP contribution < -0.4 is 11.1 Å². The van der Waals surface area contributed by atoms with Crippen LogP contribution in [0.5, 0.6) is 0 Å². The van der Waals surface area contributed by atoms with Gasteiger partial charge < -0.3 is 5.73 Å². The zero-order chi connectivity index (χ0) is 16.1. The quantitative estimate of drug-likeness (QED) is 0.862. The number of halogens is 2. The van der Waals surface area contributed by atoms with Gasteiger partial charge in [0.15, 0.2) is 0 Å². The Morgan fingerprint density at radius 3 is 2.45 bits per heavy atom. The molecule has 2 rings (SSSR count). The second kappa shape index (κ2) is 7.13. The summed E-state index contributed by atoms with van der Waals surface area (Å²) in [4.78, 5) is 11.6. The first-order chi connectivity index (χ1) is 10.5. The molecule has 0 bridgehead atoms. The van der Waals surface area contributed by atoms with Gasteiger partial charge in [-0.15, -0.1) is 0 Å². The summed E-state index contributed by atoms with van der Waals surface area (Å²) in [6.07, 6.45) is 0.406. The number of rotatable bonds is 6. The number of benzene rings is 2. The number of hydrogen-bond donors (Lipinski definition) is 2. The van der Waals surface area contributed by atoms with Crippen LogP contribution in [0.15, 0.2) is 48.5 Å². The highest BCUT2D eigenvalue weighted by molar-refractivity contribution is 5.80. The highest BCUT2D eigenvalue weighted by Gasteiger charge is 2.20. The maximum absolute atomic E-state index is 13.8. The molecule has 3 nitrogen and oxygen atoms in total. The summed E-state index contributed by atoms with van der Waals surface area (Å²) in [5, 5.41) is 3.00. The molecule has 5 heteroatoms. The van der Waals surface area contributed by atoms with E-state index < -0.39 is 29.6 Å². The molecule has 1 amide bonds. The van der Waals surface area contributed by atoms with Crippen molar-refractivity contribution in [1.82, 2.24) is 5.32 Å². The lowest BCUT2D eigenvalue weighted by atomic mass is 10.0. The number of nitrogens with two attached hydrogens (primary N) is 1. The zero-order valence-electron chi connectivity index (χ0n) is 12.2. The number of carbonyl (C=O) groups is 1. The van der Waals surface area contributed by atoms with Crippen LogP contribution in [0, 0.1) is 11.6 Å². The van der Waals surface area contributed by atoms with Crippen molar-refractivity contribution in [2.24, 2.45) is 5.73 Å². The summed E-state index contributed by atoms with van der Waals surface area (Å²) < 4.78 is 26.7. The van der Waals surface area contributed by atoms with Crippen molar-refractivity contribution in [3.8, 4) is 0 Å². The monoisotopic (exact) mass is 304 g/mol. The van der Waals surface area contributed by atoms with E-state index in [1.165, 1.54) is 12.1 Å². The average molecular weight is 304 g/mol. The van der Waals surface area contributed by atoms with Crippen LogP contribution in [0.4, 0.5) is 8.78 Å². The van der Waals surface area contributed by atoms with E-state index in [2.05, 4.69) is 5.32 Å². The van der Waals surface area contributed by atoms with Crippen molar-refractivity contribution in [3.05, 3.63) is 71.3 Å². The molecule has 3 N–H and O–H groups in total. The molecule has 0 unspecified atom stereocenters. The van der Waals surface area contributed by atoms with Gasteiger partial charge in [0.2, 0.25) is 5.91 Å². The summed E-state index contributed by atoms with van der Waals surface area (Å²) >= 11 is 0. The minimum Gasteiger partial charge on any atom is -0.368 e. The van der Waals surface area contributed by atoms with Crippen molar-refractivity contribution >= 4 is 5.91 Å². The topological polar surface area (TPSA) is 55.1 Å². The van der Waals surface area contributed by atoms with Gasteiger partial charge in [-0.1, -0.05) is 36.4 Å². The second-order valence-corrected chi connectivity index (χ2v) is 5.20. The fourth-order valence-corrected chi connectivity index (χ4v) is 2.34. The highest BCUT2D eigenvalue weighted by atomic mass is 19.1. The zero-order valence-corrected chi connectivity index (χ0v) is 12.2. The number of hydrogen-bond acceptors (Lipinski definition) is 2. The molecule has 0 aliphatic rings. The standard InChI is InChI=1S/C17H18F2N2O/c1-11(14-8-7-13(18)10-15(14)19)21-16(17(20)22)9-12-5-3-2-4-6-12/h2-8,10-11,16,21H,9H2,1H3,(H2,20,22)/t11-,16-/m0/s1. The number of nitrogens with one attached hydrogen (secondary N) is 1.